The summed E-state index contributed by atoms with van der Waals surface area (Å²) in [6, 6.07) is 0. The number of nitrogens with two attached hydrogens (primary N) is 1. The van der Waals surface area contributed by atoms with Gasteiger partial charge in [-0.1, -0.05) is 0 Å². The predicted molar refractivity (Wildman–Crippen MR) is 49.3 cm³/mol. The second kappa shape index (κ2) is 3.41. The highest BCUT2D eigenvalue weighted by atomic mass is 32.1. The second-order valence-corrected chi connectivity index (χ2v) is 3.87. The van der Waals surface area contributed by atoms with Crippen LogP contribution in [-0.2, 0) is 4.74 Å². The Labute approximate surface area is 75.6 Å². The van der Waals surface area contributed by atoms with Crippen LogP contribution in [0.5, 0.6) is 0 Å². The van der Waals surface area contributed by atoms with Crippen LogP contribution < -0.4 is 5.73 Å². The fourth-order valence-corrected chi connectivity index (χ4v) is 2.16. The summed E-state index contributed by atoms with van der Waals surface area (Å²) in [6.07, 6.45) is 2.13. The van der Waals surface area contributed by atoms with Gasteiger partial charge in [-0.2, -0.15) is 0 Å². The van der Waals surface area contributed by atoms with Crippen LogP contribution in [0.25, 0.3) is 0 Å². The van der Waals surface area contributed by atoms with Crippen LogP contribution in [0.4, 0.5) is 5.00 Å². The first-order chi connectivity index (χ1) is 5.88. The molecule has 2 N–H and O–H groups in total. The van der Waals surface area contributed by atoms with Gasteiger partial charge in [0.2, 0.25) is 0 Å². The molecule has 0 amide bonds. The van der Waals surface area contributed by atoms with Gasteiger partial charge < -0.3 is 10.5 Å². The van der Waals surface area contributed by atoms with Gasteiger partial charge in [0, 0.05) is 19.1 Å². The minimum absolute atomic E-state index is 0.532. The summed E-state index contributed by atoms with van der Waals surface area (Å²) < 4.78 is 5.27. The Morgan fingerprint density at radius 1 is 1.50 bits per heavy atom. The molecule has 1 aliphatic rings. The lowest BCUT2D eigenvalue weighted by atomic mass is 9.97. The van der Waals surface area contributed by atoms with Crippen LogP contribution in [0, 0.1) is 0 Å². The number of aromatic nitrogens is 1. The van der Waals surface area contributed by atoms with Gasteiger partial charge >= 0.3 is 0 Å². The number of nitrogens with zero attached hydrogens (tertiary/aromatic N) is 1. The van der Waals surface area contributed by atoms with Crippen molar-refractivity contribution in [2.45, 2.75) is 18.8 Å². The van der Waals surface area contributed by atoms with Crippen LogP contribution in [0.3, 0.4) is 0 Å². The van der Waals surface area contributed by atoms with Crippen molar-refractivity contribution in [2.24, 2.45) is 0 Å². The van der Waals surface area contributed by atoms with Crippen LogP contribution >= 0.6 is 11.3 Å². The van der Waals surface area contributed by atoms with Crippen LogP contribution in [-0.4, -0.2) is 18.2 Å². The molecule has 0 saturated carbocycles. The summed E-state index contributed by atoms with van der Waals surface area (Å²) in [6.45, 7) is 1.70. The van der Waals surface area contributed by atoms with E-state index in [1.807, 2.05) is 5.51 Å². The van der Waals surface area contributed by atoms with E-state index >= 15 is 0 Å². The van der Waals surface area contributed by atoms with E-state index < -0.39 is 0 Å². The van der Waals surface area contributed by atoms with Crippen molar-refractivity contribution in [1.82, 2.24) is 4.98 Å². The van der Waals surface area contributed by atoms with E-state index in [4.69, 9.17) is 10.5 Å². The Kier molecular flexibility index (Phi) is 2.28. The molecule has 1 fully saturated rings. The van der Waals surface area contributed by atoms with E-state index in [1.165, 1.54) is 11.3 Å². The van der Waals surface area contributed by atoms with Gasteiger partial charge in [-0.05, 0) is 12.8 Å². The molecule has 0 spiro atoms. The molecule has 0 unspecified atom stereocenters. The highest BCUT2D eigenvalue weighted by Crippen LogP contribution is 2.31. The van der Waals surface area contributed by atoms with Gasteiger partial charge in [0.1, 0.15) is 5.00 Å². The summed E-state index contributed by atoms with van der Waals surface area (Å²) in [7, 11) is 0. The molecule has 12 heavy (non-hydrogen) atoms. The van der Waals surface area contributed by atoms with Crippen molar-refractivity contribution in [1.29, 1.82) is 0 Å². The molecule has 1 aliphatic heterocycles. The quantitative estimate of drug-likeness (QED) is 0.721. The third kappa shape index (κ3) is 1.44. The lowest BCUT2D eigenvalue weighted by Crippen LogP contribution is -2.15. The van der Waals surface area contributed by atoms with Crippen LogP contribution in [0.15, 0.2) is 5.51 Å². The minimum atomic E-state index is 0.532. The lowest BCUT2D eigenvalue weighted by Gasteiger charge is -2.20. The van der Waals surface area contributed by atoms with E-state index in [9.17, 15) is 0 Å². The number of anilines is 1. The van der Waals surface area contributed by atoms with Gasteiger partial charge in [0.25, 0.3) is 0 Å². The van der Waals surface area contributed by atoms with Crippen LogP contribution in [0.2, 0.25) is 0 Å². The molecule has 66 valence electrons. The number of ether oxygens (including phenoxy) is 1. The Bertz CT molecular complexity index is 255. The number of thiazole rings is 1. The zero-order valence-electron chi connectivity index (χ0n) is 6.82. The van der Waals surface area contributed by atoms with Crippen molar-refractivity contribution < 1.29 is 4.74 Å². The maximum Gasteiger partial charge on any atom is 0.109 e. The van der Waals surface area contributed by atoms with E-state index in [-0.39, 0.29) is 0 Å². The number of nitrogen functional groups attached to an aromatic ring is 1. The highest BCUT2D eigenvalue weighted by Gasteiger charge is 2.19. The third-order valence-electron chi connectivity index (χ3n) is 2.23. The molecule has 4 heteroatoms. The summed E-state index contributed by atoms with van der Waals surface area (Å²) in [5, 5.41) is 0.877. The molecule has 0 aromatic carbocycles. The average molecular weight is 184 g/mol. The first kappa shape index (κ1) is 8.01. The largest absolute Gasteiger partial charge is 0.389 e. The maximum atomic E-state index is 5.79. The summed E-state index contributed by atoms with van der Waals surface area (Å²) in [4.78, 5) is 4.28. The molecule has 2 heterocycles. The monoisotopic (exact) mass is 184 g/mol. The number of hydrogen-bond acceptors (Lipinski definition) is 4. The van der Waals surface area contributed by atoms with Crippen LogP contribution in [0.1, 0.15) is 24.5 Å². The Hall–Kier alpha value is -0.610. The standard InChI is InChI=1S/C8H12N2OS/c9-8-7(10-5-12-8)6-1-3-11-4-2-6/h5-6H,1-4,9H2. The molecule has 1 saturated heterocycles. The highest BCUT2D eigenvalue weighted by molar-refractivity contribution is 7.13. The normalized spacial score (nSPS) is 19.7. The predicted octanol–water partition coefficient (Wildman–Crippen LogP) is 1.62. The van der Waals surface area contributed by atoms with Gasteiger partial charge in [0.15, 0.2) is 0 Å². The van der Waals surface area contributed by atoms with Crippen molar-refractivity contribution in [3.63, 3.8) is 0 Å². The molecule has 0 radical (unpaired) electrons. The summed E-state index contributed by atoms with van der Waals surface area (Å²) in [5.74, 6) is 0.532. The van der Waals surface area contributed by atoms with Gasteiger partial charge in [-0.3, -0.25) is 0 Å². The molecule has 0 bridgehead atoms. The Morgan fingerprint density at radius 3 is 2.83 bits per heavy atom. The zero-order chi connectivity index (χ0) is 8.39. The molecular formula is C8H12N2OS. The van der Waals surface area contributed by atoms with Gasteiger partial charge in [-0.25, -0.2) is 4.98 Å². The molecule has 0 aliphatic carbocycles. The van der Waals surface area contributed by atoms with E-state index in [1.54, 1.807) is 0 Å². The minimum Gasteiger partial charge on any atom is -0.389 e. The number of hydrogen-bond donors (Lipinski definition) is 1. The Balaban J connectivity index is 2.13. The lowest BCUT2D eigenvalue weighted by molar-refractivity contribution is 0.0847. The maximum absolute atomic E-state index is 5.79. The molecule has 1 aromatic rings. The second-order valence-electron chi connectivity index (χ2n) is 2.99. The molecule has 2 rings (SSSR count). The Morgan fingerprint density at radius 2 is 2.25 bits per heavy atom. The number of rotatable bonds is 1. The van der Waals surface area contributed by atoms with Crippen molar-refractivity contribution >= 4 is 16.3 Å². The molecular weight excluding hydrogens is 172 g/mol. The fourth-order valence-electron chi connectivity index (χ4n) is 1.54. The van der Waals surface area contributed by atoms with Gasteiger partial charge in [-0.15, -0.1) is 11.3 Å². The molecule has 3 nitrogen and oxygen atoms in total. The first-order valence-corrected chi connectivity index (χ1v) is 5.02. The van der Waals surface area contributed by atoms with Gasteiger partial charge in [0.05, 0.1) is 11.2 Å². The summed E-state index contributed by atoms with van der Waals surface area (Å²) >= 11 is 1.52. The smallest absolute Gasteiger partial charge is 0.109 e. The fraction of sp³-hybridized carbons (Fsp3) is 0.625. The SMILES string of the molecule is Nc1scnc1C1CCOCC1. The van der Waals surface area contributed by atoms with Crippen molar-refractivity contribution in [3.05, 3.63) is 11.2 Å². The average Bonchev–Trinajstić information content (AvgIpc) is 2.53. The van der Waals surface area contributed by atoms with E-state index in [0.29, 0.717) is 5.92 Å². The zero-order valence-corrected chi connectivity index (χ0v) is 7.64. The van der Waals surface area contributed by atoms with Crippen molar-refractivity contribution in [3.8, 4) is 0 Å². The molecule has 1 aromatic heterocycles. The topological polar surface area (TPSA) is 48.1 Å². The van der Waals surface area contributed by atoms with E-state index in [0.717, 1.165) is 36.8 Å². The summed E-state index contributed by atoms with van der Waals surface area (Å²) in [5.41, 5.74) is 8.69. The third-order valence-corrected chi connectivity index (χ3v) is 2.91. The van der Waals surface area contributed by atoms with Crippen molar-refractivity contribution in [2.75, 3.05) is 18.9 Å². The van der Waals surface area contributed by atoms with E-state index in [2.05, 4.69) is 4.98 Å². The first-order valence-electron chi connectivity index (χ1n) is 4.14. The molecule has 0 atom stereocenters.